The van der Waals surface area contributed by atoms with E-state index in [0.29, 0.717) is 33.9 Å². The fraction of sp³-hybridized carbons (Fsp3) is 0.367. The largest absolute Gasteiger partial charge is 0.473 e. The lowest BCUT2D eigenvalue weighted by Crippen LogP contribution is -2.35. The number of hydrogen-bond acceptors (Lipinski definition) is 8. The quantitative estimate of drug-likeness (QED) is 0.252. The second kappa shape index (κ2) is 11.7. The number of nitrogens with zero attached hydrogens (tertiary/aromatic N) is 7. The van der Waals surface area contributed by atoms with Gasteiger partial charge in [-0.3, -0.25) is 15.0 Å². The number of ether oxygens (including phenoxy) is 2. The van der Waals surface area contributed by atoms with Crippen molar-refractivity contribution in [3.63, 3.8) is 0 Å². The molecule has 2 aliphatic heterocycles. The second-order valence-electron chi connectivity index (χ2n) is 10.8. The normalized spacial score (nSPS) is 17.9. The Bertz CT molecular complexity index is 1680. The minimum atomic E-state index is -0.383. The van der Waals surface area contributed by atoms with E-state index in [2.05, 4.69) is 29.6 Å². The van der Waals surface area contributed by atoms with Crippen LogP contribution in [0.25, 0.3) is 22.6 Å². The van der Waals surface area contributed by atoms with Crippen LogP contribution in [0.3, 0.4) is 0 Å². The van der Waals surface area contributed by atoms with Crippen molar-refractivity contribution < 1.29 is 13.9 Å². The Morgan fingerprint density at radius 2 is 1.95 bits per heavy atom. The van der Waals surface area contributed by atoms with E-state index >= 15 is 0 Å². The molecule has 12 heteroatoms. The van der Waals surface area contributed by atoms with Crippen molar-refractivity contribution in [2.45, 2.75) is 51.0 Å². The minimum Gasteiger partial charge on any atom is -0.473 e. The molecule has 0 bridgehead atoms. The van der Waals surface area contributed by atoms with Gasteiger partial charge in [0.2, 0.25) is 5.88 Å². The molecule has 1 aromatic carbocycles. The first-order chi connectivity index (χ1) is 20.6. The summed E-state index contributed by atoms with van der Waals surface area (Å²) in [5.74, 6) is 2.07. The van der Waals surface area contributed by atoms with Crippen molar-refractivity contribution in [1.29, 1.82) is 0 Å². The van der Waals surface area contributed by atoms with E-state index in [0.717, 1.165) is 74.6 Å². The van der Waals surface area contributed by atoms with Gasteiger partial charge in [-0.1, -0.05) is 23.7 Å². The summed E-state index contributed by atoms with van der Waals surface area (Å²) < 4.78 is 28.0. The van der Waals surface area contributed by atoms with Gasteiger partial charge in [0.1, 0.15) is 30.3 Å². The summed E-state index contributed by atoms with van der Waals surface area (Å²) in [6, 6.07) is 12.4. The lowest BCUT2D eigenvalue weighted by atomic mass is 9.93. The molecule has 0 spiro atoms. The molecule has 0 aliphatic carbocycles. The Kier molecular flexibility index (Phi) is 7.54. The maximum atomic E-state index is 14.1. The molecule has 1 unspecified atom stereocenters. The van der Waals surface area contributed by atoms with E-state index in [-0.39, 0.29) is 18.5 Å². The van der Waals surface area contributed by atoms with Gasteiger partial charge in [-0.15, -0.1) is 0 Å². The summed E-state index contributed by atoms with van der Waals surface area (Å²) in [7, 11) is 0. The molecule has 5 aromatic rings. The Balaban J connectivity index is 1.02. The number of fused-ring (bicyclic) bond motifs is 1. The van der Waals surface area contributed by atoms with Crippen LogP contribution in [0.15, 0.2) is 55.0 Å². The van der Waals surface area contributed by atoms with Gasteiger partial charge in [-0.05, 0) is 56.6 Å². The number of benzene rings is 1. The number of imidazole rings is 1. The number of pyridine rings is 2. The highest BCUT2D eigenvalue weighted by Gasteiger charge is 2.26. The minimum absolute atomic E-state index is 0.0974. The van der Waals surface area contributed by atoms with Gasteiger partial charge in [0.05, 0.1) is 36.4 Å². The third-order valence-corrected chi connectivity index (χ3v) is 8.29. The Morgan fingerprint density at radius 3 is 2.71 bits per heavy atom. The lowest BCUT2D eigenvalue weighted by Gasteiger charge is -2.32. The zero-order valence-electron chi connectivity index (χ0n) is 22.9. The van der Waals surface area contributed by atoms with Crippen LogP contribution in [0.1, 0.15) is 42.3 Å². The first-order valence-corrected chi connectivity index (χ1v) is 14.6. The molecule has 216 valence electrons. The van der Waals surface area contributed by atoms with Crippen molar-refractivity contribution >= 4 is 22.6 Å². The average Bonchev–Trinajstić information content (AvgIpc) is 3.63. The topological polar surface area (TPSA) is 107 Å². The van der Waals surface area contributed by atoms with E-state index < -0.39 is 0 Å². The number of hydrogen-bond donors (Lipinski definition) is 1. The van der Waals surface area contributed by atoms with Crippen LogP contribution >= 0.6 is 11.6 Å². The summed E-state index contributed by atoms with van der Waals surface area (Å²) in [6.07, 6.45) is 6.56. The summed E-state index contributed by atoms with van der Waals surface area (Å²) in [5, 5.41) is 7.18. The van der Waals surface area contributed by atoms with Gasteiger partial charge in [0, 0.05) is 34.9 Å². The first kappa shape index (κ1) is 26.9. The summed E-state index contributed by atoms with van der Waals surface area (Å²) >= 11 is 5.86. The number of aromatic amines is 1. The van der Waals surface area contributed by atoms with Crippen LogP contribution in [0.4, 0.5) is 4.39 Å². The van der Waals surface area contributed by atoms with Gasteiger partial charge in [-0.2, -0.15) is 5.10 Å². The number of piperidine rings is 1. The van der Waals surface area contributed by atoms with Crippen LogP contribution in [-0.4, -0.2) is 65.4 Å². The highest BCUT2D eigenvalue weighted by Crippen LogP contribution is 2.30. The molecule has 0 saturated carbocycles. The summed E-state index contributed by atoms with van der Waals surface area (Å²) in [5.41, 5.74) is 4.05. The van der Waals surface area contributed by atoms with E-state index in [4.69, 9.17) is 31.0 Å². The molecule has 10 nitrogen and oxygen atoms in total. The van der Waals surface area contributed by atoms with Crippen LogP contribution in [0.2, 0.25) is 5.02 Å². The van der Waals surface area contributed by atoms with E-state index in [1.165, 1.54) is 12.4 Å². The fourth-order valence-corrected chi connectivity index (χ4v) is 5.76. The van der Waals surface area contributed by atoms with Crippen LogP contribution in [0, 0.1) is 5.82 Å². The third-order valence-electron chi connectivity index (χ3n) is 8.06. The lowest BCUT2D eigenvalue weighted by molar-refractivity contribution is -0.0592. The fourth-order valence-electron chi connectivity index (χ4n) is 5.60. The Morgan fingerprint density at radius 1 is 1.07 bits per heavy atom. The van der Waals surface area contributed by atoms with Crippen LogP contribution in [-0.2, 0) is 24.4 Å². The summed E-state index contributed by atoms with van der Waals surface area (Å²) in [4.78, 5) is 21.1. The van der Waals surface area contributed by atoms with Gasteiger partial charge in [0.15, 0.2) is 5.82 Å². The van der Waals surface area contributed by atoms with Gasteiger partial charge in [-0.25, -0.2) is 19.3 Å². The van der Waals surface area contributed by atoms with Crippen LogP contribution < -0.4 is 4.74 Å². The first-order valence-electron chi connectivity index (χ1n) is 14.2. The average molecular weight is 589 g/mol. The molecule has 2 saturated heterocycles. The van der Waals surface area contributed by atoms with Gasteiger partial charge < -0.3 is 14.0 Å². The molecular formula is C30H30ClFN8O2. The third kappa shape index (κ3) is 5.72. The predicted molar refractivity (Wildman–Crippen MR) is 154 cm³/mol. The smallest absolute Gasteiger partial charge is 0.213 e. The highest BCUT2D eigenvalue weighted by molar-refractivity contribution is 6.30. The molecule has 42 heavy (non-hydrogen) atoms. The number of nitrogens with one attached hydrogen (secondary N) is 1. The monoisotopic (exact) mass is 588 g/mol. The number of aromatic nitrogens is 7. The zero-order valence-corrected chi connectivity index (χ0v) is 23.7. The Hall–Kier alpha value is -3.93. The zero-order chi connectivity index (χ0) is 28.5. The molecule has 1 N–H and O–H groups in total. The van der Waals surface area contributed by atoms with E-state index in [1.54, 1.807) is 12.1 Å². The molecule has 6 heterocycles. The molecule has 0 radical (unpaired) electrons. The molecule has 2 aliphatic rings. The molecule has 2 fully saturated rings. The predicted octanol–water partition coefficient (Wildman–Crippen LogP) is 5.15. The number of rotatable bonds is 9. The molecule has 1 atom stereocenters. The molecule has 4 aromatic heterocycles. The van der Waals surface area contributed by atoms with E-state index in [1.807, 2.05) is 30.5 Å². The van der Waals surface area contributed by atoms with Crippen LogP contribution in [0.5, 0.6) is 5.88 Å². The van der Waals surface area contributed by atoms with Crippen molar-refractivity contribution in [2.75, 3.05) is 19.7 Å². The number of halogens is 2. The number of likely N-dealkylation sites (tertiary alicyclic amines) is 1. The molecule has 7 rings (SSSR count). The van der Waals surface area contributed by atoms with Crippen molar-refractivity contribution in [1.82, 2.24) is 39.6 Å². The van der Waals surface area contributed by atoms with Crippen molar-refractivity contribution in [3.8, 4) is 17.4 Å². The van der Waals surface area contributed by atoms with Gasteiger partial charge in [0.25, 0.3) is 0 Å². The Labute approximate surface area is 246 Å². The van der Waals surface area contributed by atoms with Crippen molar-refractivity contribution in [2.24, 2.45) is 0 Å². The summed E-state index contributed by atoms with van der Waals surface area (Å²) in [6.45, 7) is 4.28. The highest BCUT2D eigenvalue weighted by atomic mass is 35.5. The van der Waals surface area contributed by atoms with Gasteiger partial charge >= 0.3 is 0 Å². The van der Waals surface area contributed by atoms with E-state index in [9.17, 15) is 4.39 Å². The maximum absolute atomic E-state index is 14.1. The van der Waals surface area contributed by atoms with Crippen molar-refractivity contribution in [3.05, 3.63) is 82.9 Å². The standard InChI is InChI=1S/C30H30ClFN8O2/c31-21-5-4-20(23(32)12-21)17-42-29-3-1-2-24(37-29)19-6-9-39(10-7-19)16-28-36-25-13-26(30-34-18-35-38-30)33-14-27(25)40(28)15-22-8-11-41-22/h1-5,12-14,18-19,22H,6-11,15-17H2,(H,34,35,38). The molecular weight excluding hydrogens is 559 g/mol. The SMILES string of the molecule is Fc1cc(Cl)ccc1COc1cccc(C2CCN(Cc3nc4cc(-c5ncn[nH]5)ncc4n3CC3CCO3)CC2)n1. The second-order valence-corrected chi connectivity index (χ2v) is 11.2. The molecule has 0 amide bonds. The number of H-pyrrole nitrogens is 1. The maximum Gasteiger partial charge on any atom is 0.213 e.